The Morgan fingerprint density at radius 1 is 1.18 bits per heavy atom. The average molecular weight is 480 g/mol. The third kappa shape index (κ3) is 6.68. The minimum atomic E-state index is -3.51. The van der Waals surface area contributed by atoms with Crippen LogP contribution in [-0.2, 0) is 28.6 Å². The summed E-state index contributed by atoms with van der Waals surface area (Å²) < 4.78 is 26.0. The Hall–Kier alpha value is -3.16. The Morgan fingerprint density at radius 2 is 1.91 bits per heavy atom. The van der Waals surface area contributed by atoms with Crippen LogP contribution in [-0.4, -0.2) is 39.0 Å². The van der Waals surface area contributed by atoms with Gasteiger partial charge in [-0.1, -0.05) is 49.1 Å². The highest BCUT2D eigenvalue weighted by molar-refractivity contribution is 7.90. The summed E-state index contributed by atoms with van der Waals surface area (Å²) in [4.78, 5) is 14.8. The van der Waals surface area contributed by atoms with Crippen LogP contribution in [0, 0.1) is 0 Å². The van der Waals surface area contributed by atoms with Crippen molar-refractivity contribution in [3.05, 3.63) is 95.6 Å². The molecule has 1 aliphatic rings. The Bertz CT molecular complexity index is 1200. The minimum absolute atomic E-state index is 0.0564. The first-order chi connectivity index (χ1) is 16.2. The van der Waals surface area contributed by atoms with E-state index in [1.54, 1.807) is 18.2 Å². The summed E-state index contributed by atoms with van der Waals surface area (Å²) in [6, 6.07) is 11.7. The lowest BCUT2D eigenvalue weighted by atomic mass is 9.98. The van der Waals surface area contributed by atoms with Gasteiger partial charge in [0.05, 0.1) is 16.7 Å². The smallest absolute Gasteiger partial charge is 0.319 e. The van der Waals surface area contributed by atoms with Crippen molar-refractivity contribution in [3.63, 3.8) is 0 Å². The number of allylic oxidation sites excluding steroid dienone is 3. The Balaban J connectivity index is 1.63. The Kier molecular flexibility index (Phi) is 8.47. The van der Waals surface area contributed by atoms with Crippen LogP contribution in [0.4, 0.5) is 10.5 Å². The predicted molar refractivity (Wildman–Crippen MR) is 139 cm³/mol. The van der Waals surface area contributed by atoms with Crippen molar-refractivity contribution in [2.75, 3.05) is 18.9 Å². The SMILES string of the molecule is C=C/C=C\C(=C/C)[C@H](C)NC(=O)Nc1ccc(S(=O)(=O)Cc2ccc3c(c2)CN(C)CC3)cc1. The van der Waals surface area contributed by atoms with E-state index < -0.39 is 9.84 Å². The number of anilines is 1. The zero-order valence-electron chi connectivity index (χ0n) is 20.0. The van der Waals surface area contributed by atoms with Crippen LogP contribution in [0.15, 0.2) is 83.8 Å². The van der Waals surface area contributed by atoms with Crippen LogP contribution in [0.5, 0.6) is 0 Å². The second kappa shape index (κ2) is 11.3. The standard InChI is InChI=1S/C27H33N3O3S/c1-5-7-8-22(6-2)20(3)28-27(31)29-25-11-13-26(14-12-25)34(32,33)19-21-9-10-23-15-16-30(4)18-24(23)17-21/h5-14,17,20H,1,15-16,18-19H2,2-4H3,(H2,28,29,31)/b8-7-,22-6+/t20-/m0/s1. The lowest BCUT2D eigenvalue weighted by Gasteiger charge is -2.25. The summed E-state index contributed by atoms with van der Waals surface area (Å²) in [5, 5.41) is 5.62. The van der Waals surface area contributed by atoms with Gasteiger partial charge in [0.1, 0.15) is 0 Å². The molecule has 2 aromatic carbocycles. The number of carbonyl (C=O) groups excluding carboxylic acids is 1. The number of hydrogen-bond donors (Lipinski definition) is 2. The lowest BCUT2D eigenvalue weighted by molar-refractivity contribution is 0.250. The summed E-state index contributed by atoms with van der Waals surface area (Å²) in [5.41, 5.74) is 4.74. The van der Waals surface area contributed by atoms with Gasteiger partial charge < -0.3 is 15.5 Å². The van der Waals surface area contributed by atoms with E-state index in [-0.39, 0.29) is 22.7 Å². The third-order valence-corrected chi connectivity index (χ3v) is 7.61. The van der Waals surface area contributed by atoms with E-state index in [0.717, 1.165) is 30.6 Å². The van der Waals surface area contributed by atoms with Crippen molar-refractivity contribution < 1.29 is 13.2 Å². The second-order valence-corrected chi connectivity index (χ2v) is 10.6. The van der Waals surface area contributed by atoms with Gasteiger partial charge in [-0.2, -0.15) is 0 Å². The van der Waals surface area contributed by atoms with Gasteiger partial charge in [-0.15, -0.1) is 0 Å². The van der Waals surface area contributed by atoms with Crippen molar-refractivity contribution in [1.29, 1.82) is 0 Å². The fraction of sp³-hybridized carbons (Fsp3) is 0.296. The number of nitrogens with one attached hydrogen (secondary N) is 2. The molecule has 1 atom stereocenters. The molecule has 2 amide bonds. The molecule has 0 bridgehead atoms. The second-order valence-electron chi connectivity index (χ2n) is 8.58. The van der Waals surface area contributed by atoms with E-state index in [9.17, 15) is 13.2 Å². The van der Waals surface area contributed by atoms with Crippen molar-refractivity contribution >= 4 is 21.6 Å². The molecule has 0 aliphatic carbocycles. The van der Waals surface area contributed by atoms with E-state index in [1.807, 2.05) is 50.3 Å². The van der Waals surface area contributed by atoms with Gasteiger partial charge in [-0.3, -0.25) is 0 Å². The number of rotatable bonds is 8. The van der Waals surface area contributed by atoms with Crippen LogP contribution in [0.3, 0.4) is 0 Å². The number of benzene rings is 2. The first-order valence-electron chi connectivity index (χ1n) is 11.4. The van der Waals surface area contributed by atoms with Gasteiger partial charge in [0.15, 0.2) is 9.84 Å². The summed E-state index contributed by atoms with van der Waals surface area (Å²) in [5.74, 6) is -0.0564. The zero-order chi connectivity index (χ0) is 24.7. The first kappa shape index (κ1) is 25.5. The molecule has 0 spiro atoms. The van der Waals surface area contributed by atoms with Gasteiger partial charge in [-0.05, 0) is 73.8 Å². The quantitative estimate of drug-likeness (QED) is 0.531. The van der Waals surface area contributed by atoms with E-state index >= 15 is 0 Å². The molecule has 0 unspecified atom stereocenters. The molecule has 0 fully saturated rings. The van der Waals surface area contributed by atoms with Crippen LogP contribution in [0.2, 0.25) is 0 Å². The maximum absolute atomic E-state index is 13.0. The normalized spacial score (nSPS) is 15.6. The van der Waals surface area contributed by atoms with E-state index in [1.165, 1.54) is 23.3 Å². The fourth-order valence-corrected chi connectivity index (χ4v) is 5.34. The number of hydrogen-bond acceptors (Lipinski definition) is 4. The molecule has 0 saturated carbocycles. The highest BCUT2D eigenvalue weighted by atomic mass is 32.2. The third-order valence-electron chi connectivity index (χ3n) is 5.91. The van der Waals surface area contributed by atoms with Crippen molar-refractivity contribution in [2.45, 2.75) is 43.5 Å². The molecule has 1 heterocycles. The summed E-state index contributed by atoms with van der Waals surface area (Å²) in [6.07, 6.45) is 8.29. The Morgan fingerprint density at radius 3 is 2.59 bits per heavy atom. The van der Waals surface area contributed by atoms with Crippen LogP contribution < -0.4 is 10.6 Å². The summed E-state index contributed by atoms with van der Waals surface area (Å²) >= 11 is 0. The molecule has 3 rings (SSSR count). The average Bonchev–Trinajstić information content (AvgIpc) is 2.79. The van der Waals surface area contributed by atoms with E-state index in [4.69, 9.17) is 0 Å². The topological polar surface area (TPSA) is 78.5 Å². The molecule has 2 N–H and O–H groups in total. The minimum Gasteiger partial charge on any atom is -0.331 e. The van der Waals surface area contributed by atoms with Gasteiger partial charge in [0.2, 0.25) is 0 Å². The number of fused-ring (bicyclic) bond motifs is 1. The molecule has 0 aromatic heterocycles. The molecule has 1 aliphatic heterocycles. The molecule has 2 aromatic rings. The van der Waals surface area contributed by atoms with Gasteiger partial charge >= 0.3 is 6.03 Å². The van der Waals surface area contributed by atoms with Gasteiger partial charge in [0, 0.05) is 18.8 Å². The monoisotopic (exact) mass is 479 g/mol. The van der Waals surface area contributed by atoms with Crippen LogP contribution in [0.25, 0.3) is 0 Å². The van der Waals surface area contributed by atoms with Crippen molar-refractivity contribution in [3.8, 4) is 0 Å². The first-order valence-corrected chi connectivity index (χ1v) is 13.0. The lowest BCUT2D eigenvalue weighted by Crippen LogP contribution is -2.36. The number of sulfone groups is 1. The number of likely N-dealkylation sites (N-methyl/N-ethyl adjacent to an activating group) is 1. The number of amides is 2. The summed E-state index contributed by atoms with van der Waals surface area (Å²) in [7, 11) is -1.43. The highest BCUT2D eigenvalue weighted by Gasteiger charge is 2.19. The molecule has 34 heavy (non-hydrogen) atoms. The Labute approximate surface area is 203 Å². The molecule has 0 saturated heterocycles. The molecule has 0 radical (unpaired) electrons. The van der Waals surface area contributed by atoms with Gasteiger partial charge in [0.25, 0.3) is 0 Å². The van der Waals surface area contributed by atoms with Crippen LogP contribution in [0.1, 0.15) is 30.5 Å². The fourth-order valence-electron chi connectivity index (χ4n) is 4.01. The van der Waals surface area contributed by atoms with Crippen LogP contribution >= 0.6 is 0 Å². The largest absolute Gasteiger partial charge is 0.331 e. The molecular weight excluding hydrogens is 446 g/mol. The zero-order valence-corrected chi connectivity index (χ0v) is 20.9. The maximum atomic E-state index is 13.0. The number of nitrogens with zero attached hydrogens (tertiary/aromatic N) is 1. The van der Waals surface area contributed by atoms with Gasteiger partial charge in [-0.25, -0.2) is 13.2 Å². The summed E-state index contributed by atoms with van der Waals surface area (Å²) in [6.45, 7) is 9.30. The highest BCUT2D eigenvalue weighted by Crippen LogP contribution is 2.23. The molecular formula is C27H33N3O3S. The number of carbonyl (C=O) groups is 1. The maximum Gasteiger partial charge on any atom is 0.319 e. The molecule has 7 heteroatoms. The van der Waals surface area contributed by atoms with Crippen molar-refractivity contribution in [2.24, 2.45) is 0 Å². The van der Waals surface area contributed by atoms with E-state index in [0.29, 0.717) is 5.69 Å². The van der Waals surface area contributed by atoms with E-state index in [2.05, 4.69) is 29.2 Å². The number of urea groups is 1. The van der Waals surface area contributed by atoms with Crippen molar-refractivity contribution in [1.82, 2.24) is 10.2 Å². The molecule has 6 nitrogen and oxygen atoms in total. The predicted octanol–water partition coefficient (Wildman–Crippen LogP) is 4.85. The molecule has 180 valence electrons.